The molecule has 0 radical (unpaired) electrons. The Labute approximate surface area is 118 Å². The topological polar surface area (TPSA) is 73.1 Å². The van der Waals surface area contributed by atoms with E-state index in [0.717, 1.165) is 41.3 Å². The predicted molar refractivity (Wildman–Crippen MR) is 76.3 cm³/mol. The van der Waals surface area contributed by atoms with E-state index >= 15 is 0 Å². The number of nitrogens with two attached hydrogens (primary N) is 1. The molecule has 5 nitrogen and oxygen atoms in total. The molecular formula is C15H18N4O. The van der Waals surface area contributed by atoms with Gasteiger partial charge in [0.1, 0.15) is 5.75 Å². The number of ether oxygens (including phenoxy) is 1. The number of rotatable bonds is 3. The molecule has 1 aromatic heterocycles. The van der Waals surface area contributed by atoms with Crippen molar-refractivity contribution < 1.29 is 4.74 Å². The molecule has 5 heteroatoms. The second kappa shape index (κ2) is 5.19. The predicted octanol–water partition coefficient (Wildman–Crippen LogP) is 1.58. The summed E-state index contributed by atoms with van der Waals surface area (Å²) in [5.41, 5.74) is 8.06. The van der Waals surface area contributed by atoms with Crippen LogP contribution >= 0.6 is 0 Å². The minimum atomic E-state index is -0.0879. The Morgan fingerprint density at radius 3 is 2.90 bits per heavy atom. The molecule has 2 aromatic rings. The molecule has 0 amide bonds. The van der Waals surface area contributed by atoms with Gasteiger partial charge in [-0.05, 0) is 42.7 Å². The van der Waals surface area contributed by atoms with Gasteiger partial charge in [0.15, 0.2) is 0 Å². The highest BCUT2D eigenvalue weighted by Gasteiger charge is 2.19. The van der Waals surface area contributed by atoms with E-state index in [1.165, 1.54) is 5.56 Å². The van der Waals surface area contributed by atoms with Crippen molar-refractivity contribution in [1.82, 2.24) is 15.6 Å². The molecule has 20 heavy (non-hydrogen) atoms. The number of hydrogen-bond donors (Lipinski definition) is 2. The first-order valence-corrected chi connectivity index (χ1v) is 6.71. The van der Waals surface area contributed by atoms with Crippen LogP contribution < -0.4 is 16.0 Å². The van der Waals surface area contributed by atoms with E-state index in [0.29, 0.717) is 0 Å². The minimum Gasteiger partial charge on any atom is -0.493 e. The highest BCUT2D eigenvalue weighted by atomic mass is 16.5. The fourth-order valence-corrected chi connectivity index (χ4v) is 2.61. The van der Waals surface area contributed by atoms with Crippen molar-refractivity contribution in [3.8, 4) is 5.75 Å². The summed E-state index contributed by atoms with van der Waals surface area (Å²) in [6.45, 7) is 4.64. The zero-order chi connectivity index (χ0) is 14.1. The van der Waals surface area contributed by atoms with Gasteiger partial charge in [-0.1, -0.05) is 12.1 Å². The summed E-state index contributed by atoms with van der Waals surface area (Å²) in [6, 6.07) is 8.15. The average Bonchev–Trinajstić information content (AvgIpc) is 2.91. The molecule has 0 spiro atoms. The van der Waals surface area contributed by atoms with Crippen molar-refractivity contribution in [3.63, 3.8) is 0 Å². The van der Waals surface area contributed by atoms with E-state index in [1.807, 2.05) is 32.0 Å². The highest BCUT2D eigenvalue weighted by Crippen LogP contribution is 2.31. The van der Waals surface area contributed by atoms with E-state index in [9.17, 15) is 0 Å². The Morgan fingerprint density at radius 2 is 2.10 bits per heavy atom. The van der Waals surface area contributed by atoms with Gasteiger partial charge in [0, 0.05) is 6.42 Å². The normalized spacial score (nSPS) is 14.8. The molecule has 0 bridgehead atoms. The van der Waals surface area contributed by atoms with Crippen molar-refractivity contribution in [2.75, 3.05) is 6.61 Å². The minimum absolute atomic E-state index is 0.0879. The summed E-state index contributed by atoms with van der Waals surface area (Å²) in [5.74, 6) is 6.75. The maximum absolute atomic E-state index is 5.77. The standard InChI is InChI=1S/C15H18N4O/c1-9-7-13(10(2)19-18-9)15(17-16)12-3-4-14-11(8-12)5-6-20-14/h3-4,7-8,15,17H,5-6,16H2,1-2H3. The van der Waals surface area contributed by atoms with Crippen LogP contribution in [0, 0.1) is 13.8 Å². The van der Waals surface area contributed by atoms with Crippen molar-refractivity contribution in [3.05, 3.63) is 52.3 Å². The van der Waals surface area contributed by atoms with Gasteiger partial charge in [0.2, 0.25) is 0 Å². The van der Waals surface area contributed by atoms with Crippen molar-refractivity contribution in [1.29, 1.82) is 0 Å². The van der Waals surface area contributed by atoms with Crippen LogP contribution in [-0.2, 0) is 6.42 Å². The Kier molecular flexibility index (Phi) is 3.38. The number of aromatic nitrogens is 2. The Hall–Kier alpha value is -1.98. The number of hydrazine groups is 1. The molecule has 1 aliphatic heterocycles. The van der Waals surface area contributed by atoms with Crippen LogP contribution in [0.5, 0.6) is 5.75 Å². The van der Waals surface area contributed by atoms with Gasteiger partial charge >= 0.3 is 0 Å². The van der Waals surface area contributed by atoms with Crippen LogP contribution in [0.25, 0.3) is 0 Å². The molecular weight excluding hydrogens is 252 g/mol. The first-order chi connectivity index (χ1) is 9.69. The number of hydrogen-bond acceptors (Lipinski definition) is 5. The fraction of sp³-hybridized carbons (Fsp3) is 0.333. The second-order valence-corrected chi connectivity index (χ2v) is 5.09. The lowest BCUT2D eigenvalue weighted by Gasteiger charge is -2.19. The van der Waals surface area contributed by atoms with Gasteiger partial charge in [-0.2, -0.15) is 10.2 Å². The van der Waals surface area contributed by atoms with Crippen LogP contribution in [0.15, 0.2) is 24.3 Å². The number of aryl methyl sites for hydroxylation is 2. The molecule has 0 aliphatic carbocycles. The molecule has 1 aliphatic rings. The summed E-state index contributed by atoms with van der Waals surface area (Å²) < 4.78 is 5.54. The quantitative estimate of drug-likeness (QED) is 0.654. The number of benzene rings is 1. The molecule has 3 N–H and O–H groups in total. The number of nitrogens with one attached hydrogen (secondary N) is 1. The van der Waals surface area contributed by atoms with E-state index in [4.69, 9.17) is 10.6 Å². The fourth-order valence-electron chi connectivity index (χ4n) is 2.61. The molecule has 0 saturated carbocycles. The van der Waals surface area contributed by atoms with Gasteiger partial charge in [-0.25, -0.2) is 5.43 Å². The van der Waals surface area contributed by atoms with Gasteiger partial charge in [0.05, 0.1) is 24.0 Å². The monoisotopic (exact) mass is 270 g/mol. The van der Waals surface area contributed by atoms with Crippen LogP contribution in [0.3, 0.4) is 0 Å². The zero-order valence-electron chi connectivity index (χ0n) is 11.7. The molecule has 3 rings (SSSR count). The molecule has 1 atom stereocenters. The average molecular weight is 270 g/mol. The number of nitrogens with zero attached hydrogens (tertiary/aromatic N) is 2. The van der Waals surface area contributed by atoms with Crippen LogP contribution in [0.2, 0.25) is 0 Å². The third-order valence-corrected chi connectivity index (χ3v) is 3.66. The van der Waals surface area contributed by atoms with Gasteiger partial charge in [0.25, 0.3) is 0 Å². The maximum Gasteiger partial charge on any atom is 0.122 e. The van der Waals surface area contributed by atoms with Crippen LogP contribution in [0.4, 0.5) is 0 Å². The largest absolute Gasteiger partial charge is 0.493 e. The molecule has 1 aromatic carbocycles. The Morgan fingerprint density at radius 1 is 1.25 bits per heavy atom. The SMILES string of the molecule is Cc1cc(C(NN)c2ccc3c(c2)CCO3)c(C)nn1. The maximum atomic E-state index is 5.77. The molecule has 104 valence electrons. The molecule has 1 unspecified atom stereocenters. The third-order valence-electron chi connectivity index (χ3n) is 3.66. The van der Waals surface area contributed by atoms with Crippen molar-refractivity contribution in [2.24, 2.45) is 5.84 Å². The van der Waals surface area contributed by atoms with Gasteiger partial charge < -0.3 is 4.74 Å². The Bertz CT molecular complexity index is 642. The Balaban J connectivity index is 2.03. The van der Waals surface area contributed by atoms with E-state index in [-0.39, 0.29) is 6.04 Å². The summed E-state index contributed by atoms with van der Waals surface area (Å²) >= 11 is 0. The second-order valence-electron chi connectivity index (χ2n) is 5.09. The summed E-state index contributed by atoms with van der Waals surface area (Å²) in [4.78, 5) is 0. The molecule has 0 fully saturated rings. The van der Waals surface area contributed by atoms with Gasteiger partial charge in [-0.3, -0.25) is 5.84 Å². The first-order valence-electron chi connectivity index (χ1n) is 6.71. The van der Waals surface area contributed by atoms with Crippen LogP contribution in [0.1, 0.15) is 34.1 Å². The van der Waals surface area contributed by atoms with E-state index in [1.54, 1.807) is 0 Å². The lowest BCUT2D eigenvalue weighted by Crippen LogP contribution is -2.29. The smallest absolute Gasteiger partial charge is 0.122 e. The first kappa shape index (κ1) is 13.0. The van der Waals surface area contributed by atoms with Crippen LogP contribution in [-0.4, -0.2) is 16.8 Å². The van der Waals surface area contributed by atoms with Crippen molar-refractivity contribution >= 4 is 0 Å². The van der Waals surface area contributed by atoms with E-state index in [2.05, 4.69) is 21.7 Å². The summed E-state index contributed by atoms with van der Waals surface area (Å²) in [5, 5.41) is 8.24. The van der Waals surface area contributed by atoms with Gasteiger partial charge in [-0.15, -0.1) is 0 Å². The zero-order valence-corrected chi connectivity index (χ0v) is 11.7. The number of fused-ring (bicyclic) bond motifs is 1. The van der Waals surface area contributed by atoms with Crippen molar-refractivity contribution in [2.45, 2.75) is 26.3 Å². The highest BCUT2D eigenvalue weighted by molar-refractivity contribution is 5.43. The lowest BCUT2D eigenvalue weighted by molar-refractivity contribution is 0.357. The summed E-state index contributed by atoms with van der Waals surface area (Å²) in [6.07, 6.45) is 0.951. The van der Waals surface area contributed by atoms with E-state index < -0.39 is 0 Å². The third kappa shape index (κ3) is 2.26. The summed E-state index contributed by atoms with van der Waals surface area (Å²) in [7, 11) is 0. The molecule has 0 saturated heterocycles. The lowest BCUT2D eigenvalue weighted by atomic mass is 9.96. The molecule has 2 heterocycles.